The second-order valence-electron chi connectivity index (χ2n) is 3.39. The van der Waals surface area contributed by atoms with E-state index >= 15 is 0 Å². The Labute approximate surface area is 105 Å². The van der Waals surface area contributed by atoms with Gasteiger partial charge in [0.25, 0.3) is 0 Å². The van der Waals surface area contributed by atoms with Gasteiger partial charge in [0.05, 0.1) is 5.02 Å². The van der Waals surface area contributed by atoms with Crippen molar-refractivity contribution < 1.29 is 0 Å². The van der Waals surface area contributed by atoms with Crippen molar-refractivity contribution in [3.05, 3.63) is 33.3 Å². The Morgan fingerprint density at radius 2 is 2.13 bits per heavy atom. The van der Waals surface area contributed by atoms with Crippen LogP contribution in [0.5, 0.6) is 0 Å². The molecule has 0 fully saturated rings. The molecule has 0 aromatic heterocycles. The van der Waals surface area contributed by atoms with E-state index in [1.807, 2.05) is 18.2 Å². The van der Waals surface area contributed by atoms with Gasteiger partial charge in [-0.2, -0.15) is 0 Å². The van der Waals surface area contributed by atoms with Crippen molar-refractivity contribution >= 4 is 27.5 Å². The van der Waals surface area contributed by atoms with Gasteiger partial charge in [-0.25, -0.2) is 0 Å². The topological polar surface area (TPSA) is 0 Å². The lowest BCUT2D eigenvalue weighted by Crippen LogP contribution is -1.76. The lowest BCUT2D eigenvalue weighted by molar-refractivity contribution is 0.737. The molecule has 0 aliphatic heterocycles. The summed E-state index contributed by atoms with van der Waals surface area (Å²) in [6.45, 7) is 2.20. The van der Waals surface area contributed by atoms with Gasteiger partial charge in [-0.1, -0.05) is 43.2 Å². The molecule has 0 nitrogen and oxygen atoms in total. The number of benzene rings is 1. The highest BCUT2D eigenvalue weighted by Crippen LogP contribution is 2.22. The maximum absolute atomic E-state index is 5.96. The van der Waals surface area contributed by atoms with Crippen LogP contribution in [0.25, 0.3) is 0 Å². The van der Waals surface area contributed by atoms with Crippen molar-refractivity contribution in [1.82, 2.24) is 0 Å². The molecule has 80 valence electrons. The summed E-state index contributed by atoms with van der Waals surface area (Å²) >= 11 is 9.31. The van der Waals surface area contributed by atoms with Gasteiger partial charge in [0.15, 0.2) is 0 Å². The van der Waals surface area contributed by atoms with Gasteiger partial charge < -0.3 is 0 Å². The first-order chi connectivity index (χ1) is 7.24. The molecule has 0 aliphatic rings. The highest BCUT2D eigenvalue weighted by molar-refractivity contribution is 9.10. The summed E-state index contributed by atoms with van der Waals surface area (Å²) in [7, 11) is 0. The van der Waals surface area contributed by atoms with E-state index in [2.05, 4.69) is 34.7 Å². The van der Waals surface area contributed by atoms with E-state index in [-0.39, 0.29) is 0 Å². The van der Waals surface area contributed by atoms with Crippen LogP contribution in [-0.4, -0.2) is 0 Å². The lowest BCUT2D eigenvalue weighted by Gasteiger charge is -1.95. The van der Waals surface area contributed by atoms with Crippen LogP contribution in [0.2, 0.25) is 5.02 Å². The van der Waals surface area contributed by atoms with Crippen LogP contribution in [0.1, 0.15) is 38.2 Å². The van der Waals surface area contributed by atoms with Gasteiger partial charge >= 0.3 is 0 Å². The first-order valence-corrected chi connectivity index (χ1v) is 6.35. The Balaban J connectivity index is 2.53. The molecule has 0 amide bonds. The summed E-state index contributed by atoms with van der Waals surface area (Å²) in [6.07, 6.45) is 4.66. The maximum atomic E-state index is 5.96. The molecule has 0 heterocycles. The molecule has 0 saturated heterocycles. The van der Waals surface area contributed by atoms with Crippen LogP contribution in [-0.2, 0) is 0 Å². The van der Waals surface area contributed by atoms with Gasteiger partial charge in [-0.3, -0.25) is 0 Å². The highest BCUT2D eigenvalue weighted by Gasteiger charge is 1.95. The Morgan fingerprint density at radius 3 is 2.80 bits per heavy atom. The van der Waals surface area contributed by atoms with E-state index in [4.69, 9.17) is 11.6 Å². The summed E-state index contributed by atoms with van der Waals surface area (Å²) in [5.74, 6) is 6.28. The molecule has 0 atom stereocenters. The van der Waals surface area contributed by atoms with Gasteiger partial charge in [-0.05, 0) is 40.5 Å². The number of halogens is 2. The molecule has 0 saturated carbocycles. The minimum atomic E-state index is 0.718. The van der Waals surface area contributed by atoms with Crippen molar-refractivity contribution in [2.24, 2.45) is 0 Å². The molecule has 1 aromatic carbocycles. The van der Waals surface area contributed by atoms with Crippen LogP contribution in [0.4, 0.5) is 0 Å². The molecule has 0 spiro atoms. The summed E-state index contributed by atoms with van der Waals surface area (Å²) in [5.41, 5.74) is 0.986. The van der Waals surface area contributed by atoms with Crippen molar-refractivity contribution in [2.75, 3.05) is 0 Å². The summed E-state index contributed by atoms with van der Waals surface area (Å²) < 4.78 is 0.917. The van der Waals surface area contributed by atoms with Crippen molar-refractivity contribution in [2.45, 2.75) is 32.6 Å². The van der Waals surface area contributed by atoms with Gasteiger partial charge in [-0.15, -0.1) is 0 Å². The fourth-order valence-corrected chi connectivity index (χ4v) is 1.63. The monoisotopic (exact) mass is 284 g/mol. The highest BCUT2D eigenvalue weighted by atomic mass is 79.9. The molecule has 15 heavy (non-hydrogen) atoms. The van der Waals surface area contributed by atoms with Gasteiger partial charge in [0.2, 0.25) is 0 Å². The number of hydrogen-bond donors (Lipinski definition) is 0. The molecule has 2 heteroatoms. The van der Waals surface area contributed by atoms with E-state index < -0.39 is 0 Å². The van der Waals surface area contributed by atoms with E-state index in [1.165, 1.54) is 19.3 Å². The summed E-state index contributed by atoms with van der Waals surface area (Å²) in [6, 6.07) is 5.79. The zero-order chi connectivity index (χ0) is 11.1. The normalized spacial score (nSPS) is 9.53. The Hall–Kier alpha value is -0.450. The fourth-order valence-electron chi connectivity index (χ4n) is 1.20. The number of unbranched alkanes of at least 4 members (excludes halogenated alkanes) is 3. The third kappa shape index (κ3) is 4.73. The van der Waals surface area contributed by atoms with Gasteiger partial charge in [0.1, 0.15) is 0 Å². The predicted molar refractivity (Wildman–Crippen MR) is 70.2 cm³/mol. The molecular formula is C13H14BrCl. The molecule has 0 N–H and O–H groups in total. The molecule has 0 unspecified atom stereocenters. The van der Waals surface area contributed by atoms with E-state index in [9.17, 15) is 0 Å². The first-order valence-electron chi connectivity index (χ1n) is 5.18. The summed E-state index contributed by atoms with van der Waals surface area (Å²) in [5, 5.41) is 0.718. The quantitative estimate of drug-likeness (QED) is 0.539. The predicted octanol–water partition coefficient (Wildman–Crippen LogP) is 5.03. The van der Waals surface area contributed by atoms with Crippen LogP contribution < -0.4 is 0 Å². The molecule has 0 radical (unpaired) electrons. The molecule has 1 aromatic rings. The van der Waals surface area contributed by atoms with Crippen molar-refractivity contribution in [3.8, 4) is 11.8 Å². The standard InChI is InChI=1S/C13H14BrCl/c1-2-3-4-5-6-7-11-8-9-12(14)13(15)10-11/h8-10H,2-5H2,1H3. The summed E-state index contributed by atoms with van der Waals surface area (Å²) in [4.78, 5) is 0. The van der Waals surface area contributed by atoms with Crippen LogP contribution in [0.3, 0.4) is 0 Å². The minimum absolute atomic E-state index is 0.718. The molecule has 1 rings (SSSR count). The molecule has 0 aliphatic carbocycles. The van der Waals surface area contributed by atoms with Crippen LogP contribution in [0.15, 0.2) is 22.7 Å². The second kappa shape index (κ2) is 6.93. The largest absolute Gasteiger partial charge is 0.0979 e. The third-order valence-electron chi connectivity index (χ3n) is 2.06. The Kier molecular flexibility index (Phi) is 5.83. The third-order valence-corrected chi connectivity index (χ3v) is 3.29. The fraction of sp³-hybridized carbons (Fsp3) is 0.385. The van der Waals surface area contributed by atoms with Crippen molar-refractivity contribution in [3.63, 3.8) is 0 Å². The SMILES string of the molecule is CCCCCC#Cc1ccc(Br)c(Cl)c1. The van der Waals surface area contributed by atoms with E-state index in [1.54, 1.807) is 0 Å². The average Bonchev–Trinajstić information content (AvgIpc) is 2.23. The number of rotatable bonds is 3. The van der Waals surface area contributed by atoms with Crippen LogP contribution >= 0.6 is 27.5 Å². The number of hydrogen-bond acceptors (Lipinski definition) is 0. The first kappa shape index (κ1) is 12.6. The Morgan fingerprint density at radius 1 is 1.33 bits per heavy atom. The van der Waals surface area contributed by atoms with Crippen molar-refractivity contribution in [1.29, 1.82) is 0 Å². The molecular weight excluding hydrogens is 272 g/mol. The average molecular weight is 286 g/mol. The van der Waals surface area contributed by atoms with Gasteiger partial charge in [0, 0.05) is 16.5 Å². The van der Waals surface area contributed by atoms with E-state index in [0.717, 1.165) is 21.5 Å². The zero-order valence-electron chi connectivity index (χ0n) is 8.82. The smallest absolute Gasteiger partial charge is 0.0560 e. The Bertz CT molecular complexity index is 374. The minimum Gasteiger partial charge on any atom is -0.0979 e. The van der Waals surface area contributed by atoms with Crippen LogP contribution in [0, 0.1) is 11.8 Å². The lowest BCUT2D eigenvalue weighted by atomic mass is 10.2. The molecule has 0 bridgehead atoms. The van der Waals surface area contributed by atoms with E-state index in [0.29, 0.717) is 0 Å². The maximum Gasteiger partial charge on any atom is 0.0560 e. The zero-order valence-corrected chi connectivity index (χ0v) is 11.2. The second-order valence-corrected chi connectivity index (χ2v) is 4.65.